The molecular formula is C17H13ClN2O2. The van der Waals surface area contributed by atoms with Crippen LogP contribution in [0.5, 0.6) is 5.75 Å². The Kier molecular flexibility index (Phi) is 3.69. The topological polar surface area (TPSA) is 52.9 Å². The van der Waals surface area contributed by atoms with Gasteiger partial charge in [-0.15, -0.1) is 0 Å². The van der Waals surface area contributed by atoms with E-state index >= 15 is 0 Å². The number of carbonyl (C=O) groups is 1. The van der Waals surface area contributed by atoms with Gasteiger partial charge in [0, 0.05) is 0 Å². The van der Waals surface area contributed by atoms with Gasteiger partial charge in [-0.05, 0) is 42.8 Å². The van der Waals surface area contributed by atoms with Crippen molar-refractivity contribution in [2.45, 2.75) is 6.92 Å². The first-order chi connectivity index (χ1) is 10.6. The summed E-state index contributed by atoms with van der Waals surface area (Å²) in [6.45, 7) is 1.79. The highest BCUT2D eigenvalue weighted by Crippen LogP contribution is 2.27. The fraction of sp³-hybridized carbons (Fsp3) is 0.0588. The van der Waals surface area contributed by atoms with Crippen molar-refractivity contribution in [3.05, 3.63) is 64.7 Å². The number of aromatic hydroxyl groups is 1. The maximum Gasteiger partial charge on any atom is 0.280 e. The van der Waals surface area contributed by atoms with Crippen molar-refractivity contribution < 1.29 is 9.90 Å². The predicted octanol–water partition coefficient (Wildman–Crippen LogP) is 3.85. The van der Waals surface area contributed by atoms with E-state index in [1.165, 1.54) is 11.1 Å². The van der Waals surface area contributed by atoms with Crippen LogP contribution in [-0.4, -0.2) is 16.7 Å². The number of halogens is 1. The first-order valence-corrected chi connectivity index (χ1v) is 7.09. The number of para-hydroxylation sites is 1. The third kappa shape index (κ3) is 2.61. The Bertz CT molecular complexity index is 798. The number of benzene rings is 2. The van der Waals surface area contributed by atoms with E-state index < -0.39 is 0 Å². The molecule has 0 atom stereocenters. The average molecular weight is 313 g/mol. The number of nitrogens with zero attached hydrogens (tertiary/aromatic N) is 2. The number of rotatable bonds is 2. The minimum atomic E-state index is -0.187. The second-order valence-electron chi connectivity index (χ2n) is 4.91. The predicted molar refractivity (Wildman–Crippen MR) is 88.1 cm³/mol. The Hall–Kier alpha value is -2.59. The third-order valence-corrected chi connectivity index (χ3v) is 3.65. The number of amides is 1. The normalized spacial score (nSPS) is 16.3. The van der Waals surface area contributed by atoms with E-state index in [1.54, 1.807) is 25.1 Å². The van der Waals surface area contributed by atoms with Gasteiger partial charge < -0.3 is 5.11 Å². The molecule has 1 aliphatic heterocycles. The fourth-order valence-corrected chi connectivity index (χ4v) is 2.40. The minimum absolute atomic E-state index is 0.0119. The standard InChI is InChI=1S/C17H13ClN2O2/c1-11-14(9-12-7-8-16(21)15(18)10-12)17(22)20(19-11)13-5-3-2-4-6-13/h2-10,21H,1H3/b14-9-. The van der Waals surface area contributed by atoms with Crippen LogP contribution in [0, 0.1) is 0 Å². The van der Waals surface area contributed by atoms with Crippen molar-refractivity contribution in [2.24, 2.45) is 5.10 Å². The van der Waals surface area contributed by atoms with Gasteiger partial charge in [-0.25, -0.2) is 0 Å². The van der Waals surface area contributed by atoms with Crippen molar-refractivity contribution in [3.63, 3.8) is 0 Å². The Morgan fingerprint density at radius 2 is 1.91 bits per heavy atom. The summed E-state index contributed by atoms with van der Waals surface area (Å²) in [6, 6.07) is 14.1. The SMILES string of the molecule is CC1=NN(c2ccccc2)C(=O)/C1=C\c1ccc(O)c(Cl)c1. The number of hydrogen-bond acceptors (Lipinski definition) is 3. The maximum absolute atomic E-state index is 12.5. The van der Waals surface area contributed by atoms with Crippen LogP contribution in [0.4, 0.5) is 5.69 Å². The van der Waals surface area contributed by atoms with E-state index in [2.05, 4.69) is 5.10 Å². The zero-order chi connectivity index (χ0) is 15.7. The number of hydrogen-bond donors (Lipinski definition) is 1. The van der Waals surface area contributed by atoms with Crippen molar-refractivity contribution in [3.8, 4) is 5.75 Å². The summed E-state index contributed by atoms with van der Waals surface area (Å²) in [5.41, 5.74) is 2.60. The Labute approximate surface area is 133 Å². The molecule has 110 valence electrons. The van der Waals surface area contributed by atoms with Crippen LogP contribution in [0.2, 0.25) is 5.02 Å². The Morgan fingerprint density at radius 3 is 2.59 bits per heavy atom. The molecule has 1 N–H and O–H groups in total. The van der Waals surface area contributed by atoms with Crippen LogP contribution in [0.1, 0.15) is 12.5 Å². The van der Waals surface area contributed by atoms with Crippen LogP contribution in [0.15, 0.2) is 59.2 Å². The van der Waals surface area contributed by atoms with E-state index in [-0.39, 0.29) is 16.7 Å². The van der Waals surface area contributed by atoms with Crippen molar-refractivity contribution >= 4 is 35.0 Å². The Balaban J connectivity index is 1.96. The minimum Gasteiger partial charge on any atom is -0.506 e. The van der Waals surface area contributed by atoms with Crippen molar-refractivity contribution in [1.29, 1.82) is 0 Å². The molecule has 0 aromatic heterocycles. The van der Waals surface area contributed by atoms with E-state index in [0.717, 1.165) is 11.3 Å². The summed E-state index contributed by atoms with van der Waals surface area (Å²) in [7, 11) is 0. The summed E-state index contributed by atoms with van der Waals surface area (Å²) >= 11 is 5.89. The van der Waals surface area contributed by atoms with Gasteiger partial charge in [0.05, 0.1) is 22.0 Å². The van der Waals surface area contributed by atoms with E-state index in [1.807, 2.05) is 30.3 Å². The first-order valence-electron chi connectivity index (χ1n) is 6.71. The molecule has 0 fully saturated rings. The lowest BCUT2D eigenvalue weighted by atomic mass is 10.1. The quantitative estimate of drug-likeness (QED) is 0.856. The molecule has 0 radical (unpaired) electrons. The molecule has 4 nitrogen and oxygen atoms in total. The molecule has 22 heavy (non-hydrogen) atoms. The van der Waals surface area contributed by atoms with Gasteiger partial charge in [0.1, 0.15) is 5.75 Å². The molecule has 0 saturated carbocycles. The van der Waals surface area contributed by atoms with Gasteiger partial charge in [-0.2, -0.15) is 10.1 Å². The van der Waals surface area contributed by atoms with Crippen molar-refractivity contribution in [1.82, 2.24) is 0 Å². The van der Waals surface area contributed by atoms with Gasteiger partial charge in [0.15, 0.2) is 0 Å². The molecule has 2 aromatic carbocycles. The van der Waals surface area contributed by atoms with Crippen molar-refractivity contribution in [2.75, 3.05) is 5.01 Å². The van der Waals surface area contributed by atoms with E-state index in [9.17, 15) is 9.90 Å². The summed E-state index contributed by atoms with van der Waals surface area (Å²) in [4.78, 5) is 12.5. The Morgan fingerprint density at radius 1 is 1.18 bits per heavy atom. The number of phenolic OH excluding ortho intramolecular Hbond substituents is 1. The number of hydrazone groups is 1. The molecule has 0 saturated heterocycles. The van der Waals surface area contributed by atoms with Gasteiger partial charge in [0.2, 0.25) is 0 Å². The second kappa shape index (κ2) is 5.66. The molecule has 5 heteroatoms. The highest BCUT2D eigenvalue weighted by Gasteiger charge is 2.28. The maximum atomic E-state index is 12.5. The van der Waals surface area contributed by atoms with Gasteiger partial charge in [-0.1, -0.05) is 35.9 Å². The second-order valence-corrected chi connectivity index (χ2v) is 5.31. The van der Waals surface area contributed by atoms with Gasteiger partial charge >= 0.3 is 0 Å². The van der Waals surface area contributed by atoms with Crippen LogP contribution in [-0.2, 0) is 4.79 Å². The summed E-state index contributed by atoms with van der Waals surface area (Å²) in [5, 5.41) is 15.4. The molecule has 1 aliphatic rings. The summed E-state index contributed by atoms with van der Waals surface area (Å²) < 4.78 is 0. The molecule has 1 amide bonds. The molecule has 0 unspecified atom stereocenters. The first kappa shape index (κ1) is 14.4. The van der Waals surface area contributed by atoms with Crippen LogP contribution in [0.25, 0.3) is 6.08 Å². The highest BCUT2D eigenvalue weighted by atomic mass is 35.5. The van der Waals surface area contributed by atoms with Gasteiger partial charge in [-0.3, -0.25) is 4.79 Å². The number of carbonyl (C=O) groups excluding carboxylic acids is 1. The van der Waals surface area contributed by atoms with E-state index in [4.69, 9.17) is 11.6 Å². The van der Waals surface area contributed by atoms with Crippen LogP contribution >= 0.6 is 11.6 Å². The molecular weight excluding hydrogens is 300 g/mol. The molecule has 0 bridgehead atoms. The average Bonchev–Trinajstić information content (AvgIpc) is 2.80. The zero-order valence-electron chi connectivity index (χ0n) is 11.8. The molecule has 2 aromatic rings. The van der Waals surface area contributed by atoms with Gasteiger partial charge in [0.25, 0.3) is 5.91 Å². The zero-order valence-corrected chi connectivity index (χ0v) is 12.6. The summed E-state index contributed by atoms with van der Waals surface area (Å²) in [6.07, 6.45) is 1.72. The van der Waals surface area contributed by atoms with Crippen LogP contribution < -0.4 is 5.01 Å². The molecule has 1 heterocycles. The van der Waals surface area contributed by atoms with Crippen LogP contribution in [0.3, 0.4) is 0 Å². The monoisotopic (exact) mass is 312 g/mol. The fourth-order valence-electron chi connectivity index (χ4n) is 2.21. The van der Waals surface area contributed by atoms with E-state index in [0.29, 0.717) is 11.3 Å². The smallest absolute Gasteiger partial charge is 0.280 e. The molecule has 3 rings (SSSR count). The molecule has 0 aliphatic carbocycles. The largest absolute Gasteiger partial charge is 0.506 e. The third-order valence-electron chi connectivity index (χ3n) is 3.35. The number of phenols is 1. The number of anilines is 1. The lowest BCUT2D eigenvalue weighted by Crippen LogP contribution is -2.21. The lowest BCUT2D eigenvalue weighted by Gasteiger charge is -2.11. The lowest BCUT2D eigenvalue weighted by molar-refractivity contribution is -0.114. The molecule has 0 spiro atoms. The summed E-state index contributed by atoms with van der Waals surface area (Å²) in [5.74, 6) is -0.175. The highest BCUT2D eigenvalue weighted by molar-refractivity contribution is 6.33.